The lowest BCUT2D eigenvalue weighted by molar-refractivity contribution is 0.0784. The van der Waals surface area contributed by atoms with Crippen LogP contribution in [0.1, 0.15) is 52.9 Å². The lowest BCUT2D eigenvalue weighted by Crippen LogP contribution is -2.18. The standard InChI is InChI=1S/C12H26O2/c1-4-10(5-2)11(6-3)7-8-12(14)9-13/h10-14H,4-9H2,1-3H3. The van der Waals surface area contributed by atoms with Gasteiger partial charge in [-0.05, 0) is 24.7 Å². The lowest BCUT2D eigenvalue weighted by Gasteiger charge is -2.24. The molecule has 0 amide bonds. The van der Waals surface area contributed by atoms with Crippen molar-refractivity contribution >= 4 is 0 Å². The topological polar surface area (TPSA) is 40.5 Å². The van der Waals surface area contributed by atoms with Gasteiger partial charge in [0.2, 0.25) is 0 Å². The molecule has 0 aliphatic rings. The summed E-state index contributed by atoms with van der Waals surface area (Å²) in [5.41, 5.74) is 0. The number of rotatable bonds is 8. The van der Waals surface area contributed by atoms with Gasteiger partial charge >= 0.3 is 0 Å². The van der Waals surface area contributed by atoms with E-state index in [2.05, 4.69) is 20.8 Å². The van der Waals surface area contributed by atoms with Crippen molar-refractivity contribution < 1.29 is 10.2 Å². The summed E-state index contributed by atoms with van der Waals surface area (Å²) < 4.78 is 0. The van der Waals surface area contributed by atoms with Crippen molar-refractivity contribution in [3.05, 3.63) is 0 Å². The van der Waals surface area contributed by atoms with Crippen molar-refractivity contribution in [2.24, 2.45) is 11.8 Å². The van der Waals surface area contributed by atoms with E-state index in [0.29, 0.717) is 5.92 Å². The second kappa shape index (κ2) is 8.25. The summed E-state index contributed by atoms with van der Waals surface area (Å²) >= 11 is 0. The van der Waals surface area contributed by atoms with Gasteiger partial charge in [-0.1, -0.05) is 40.0 Å². The van der Waals surface area contributed by atoms with Crippen LogP contribution in [-0.2, 0) is 0 Å². The number of hydrogen-bond acceptors (Lipinski definition) is 2. The first-order chi connectivity index (χ1) is 6.69. The molecule has 0 radical (unpaired) electrons. The monoisotopic (exact) mass is 202 g/mol. The van der Waals surface area contributed by atoms with Crippen molar-refractivity contribution in [3.63, 3.8) is 0 Å². The molecule has 0 saturated heterocycles. The van der Waals surface area contributed by atoms with Gasteiger partial charge in [-0.15, -0.1) is 0 Å². The average Bonchev–Trinajstić information content (AvgIpc) is 2.23. The fourth-order valence-corrected chi connectivity index (χ4v) is 2.23. The molecule has 0 rings (SSSR count). The Morgan fingerprint density at radius 1 is 0.857 bits per heavy atom. The molecule has 0 aliphatic carbocycles. The van der Waals surface area contributed by atoms with Crippen LogP contribution in [0.15, 0.2) is 0 Å². The maximum atomic E-state index is 9.28. The van der Waals surface area contributed by atoms with Gasteiger partial charge in [-0.25, -0.2) is 0 Å². The van der Waals surface area contributed by atoms with Crippen molar-refractivity contribution in [2.75, 3.05) is 6.61 Å². The second-order valence-corrected chi connectivity index (χ2v) is 4.16. The molecule has 2 nitrogen and oxygen atoms in total. The Balaban J connectivity index is 3.88. The van der Waals surface area contributed by atoms with Gasteiger partial charge < -0.3 is 10.2 Å². The van der Waals surface area contributed by atoms with Gasteiger partial charge in [0.1, 0.15) is 0 Å². The highest BCUT2D eigenvalue weighted by Crippen LogP contribution is 2.27. The zero-order valence-electron chi connectivity index (χ0n) is 9.87. The lowest BCUT2D eigenvalue weighted by atomic mass is 9.82. The van der Waals surface area contributed by atoms with E-state index < -0.39 is 6.10 Å². The van der Waals surface area contributed by atoms with E-state index in [1.807, 2.05) is 0 Å². The van der Waals surface area contributed by atoms with Gasteiger partial charge in [0, 0.05) is 0 Å². The highest BCUT2D eigenvalue weighted by molar-refractivity contribution is 4.68. The molecular formula is C12H26O2. The number of hydrogen-bond donors (Lipinski definition) is 2. The van der Waals surface area contributed by atoms with Crippen LogP contribution in [-0.4, -0.2) is 22.9 Å². The van der Waals surface area contributed by atoms with Crippen molar-refractivity contribution in [1.82, 2.24) is 0 Å². The van der Waals surface area contributed by atoms with Crippen molar-refractivity contribution in [3.8, 4) is 0 Å². The van der Waals surface area contributed by atoms with Crippen LogP contribution < -0.4 is 0 Å². The quantitative estimate of drug-likeness (QED) is 0.635. The first kappa shape index (κ1) is 13.9. The van der Waals surface area contributed by atoms with E-state index in [-0.39, 0.29) is 6.61 Å². The first-order valence-corrected chi connectivity index (χ1v) is 5.98. The third-order valence-corrected chi connectivity index (χ3v) is 3.32. The Hall–Kier alpha value is -0.0800. The van der Waals surface area contributed by atoms with E-state index in [9.17, 15) is 5.11 Å². The minimum absolute atomic E-state index is 0.0979. The Morgan fingerprint density at radius 2 is 1.36 bits per heavy atom. The van der Waals surface area contributed by atoms with Gasteiger partial charge in [0.15, 0.2) is 0 Å². The molecule has 0 spiro atoms. The fraction of sp³-hybridized carbons (Fsp3) is 1.00. The van der Waals surface area contributed by atoms with Gasteiger partial charge in [0.05, 0.1) is 12.7 Å². The smallest absolute Gasteiger partial charge is 0.0771 e. The zero-order valence-corrected chi connectivity index (χ0v) is 9.87. The van der Waals surface area contributed by atoms with Crippen LogP contribution in [0.5, 0.6) is 0 Å². The van der Waals surface area contributed by atoms with E-state index in [1.165, 1.54) is 19.3 Å². The third-order valence-electron chi connectivity index (χ3n) is 3.32. The molecule has 0 saturated carbocycles. The minimum Gasteiger partial charge on any atom is -0.394 e. The molecule has 0 aliphatic heterocycles. The molecule has 0 aromatic heterocycles. The molecule has 14 heavy (non-hydrogen) atoms. The van der Waals surface area contributed by atoms with Gasteiger partial charge in [0.25, 0.3) is 0 Å². The summed E-state index contributed by atoms with van der Waals surface area (Å²) in [7, 11) is 0. The van der Waals surface area contributed by atoms with Gasteiger partial charge in [-0.3, -0.25) is 0 Å². The molecule has 0 fully saturated rings. The molecule has 0 aromatic rings. The number of aliphatic hydroxyl groups excluding tert-OH is 2. The Bertz CT molecular complexity index is 121. The van der Waals surface area contributed by atoms with E-state index >= 15 is 0 Å². The molecule has 0 heterocycles. The zero-order chi connectivity index (χ0) is 11.0. The van der Waals surface area contributed by atoms with E-state index in [1.54, 1.807) is 0 Å². The summed E-state index contributed by atoms with van der Waals surface area (Å²) in [6.07, 6.45) is 4.91. The predicted octanol–water partition coefficient (Wildman–Crippen LogP) is 2.58. The summed E-state index contributed by atoms with van der Waals surface area (Å²) in [4.78, 5) is 0. The highest BCUT2D eigenvalue weighted by atomic mass is 16.3. The Kier molecular flexibility index (Phi) is 8.20. The molecule has 0 bridgehead atoms. The first-order valence-electron chi connectivity index (χ1n) is 5.98. The van der Waals surface area contributed by atoms with Crippen LogP contribution >= 0.6 is 0 Å². The molecule has 2 N–H and O–H groups in total. The van der Waals surface area contributed by atoms with Crippen LogP contribution in [0.25, 0.3) is 0 Å². The maximum Gasteiger partial charge on any atom is 0.0771 e. The molecule has 2 heteroatoms. The average molecular weight is 202 g/mol. The van der Waals surface area contributed by atoms with Crippen LogP contribution in [0.2, 0.25) is 0 Å². The number of aliphatic hydroxyl groups is 2. The van der Waals surface area contributed by atoms with E-state index in [4.69, 9.17) is 5.11 Å². The minimum atomic E-state index is -0.515. The normalized spacial score (nSPS) is 15.9. The third kappa shape index (κ3) is 4.97. The molecule has 2 unspecified atom stereocenters. The molecule has 2 atom stereocenters. The summed E-state index contributed by atoms with van der Waals surface area (Å²) in [6.45, 7) is 6.59. The summed E-state index contributed by atoms with van der Waals surface area (Å²) in [5, 5.41) is 18.0. The van der Waals surface area contributed by atoms with Crippen molar-refractivity contribution in [2.45, 2.75) is 59.0 Å². The Morgan fingerprint density at radius 3 is 1.71 bits per heavy atom. The van der Waals surface area contributed by atoms with Crippen LogP contribution in [0, 0.1) is 11.8 Å². The fourth-order valence-electron chi connectivity index (χ4n) is 2.23. The van der Waals surface area contributed by atoms with Gasteiger partial charge in [-0.2, -0.15) is 0 Å². The molecule has 86 valence electrons. The maximum absolute atomic E-state index is 9.28. The second-order valence-electron chi connectivity index (χ2n) is 4.16. The highest BCUT2D eigenvalue weighted by Gasteiger charge is 2.17. The molecular weight excluding hydrogens is 176 g/mol. The molecule has 0 aromatic carbocycles. The van der Waals surface area contributed by atoms with E-state index in [0.717, 1.165) is 18.8 Å². The Labute approximate surface area is 88.3 Å². The SMILES string of the molecule is CCC(CC)C(CC)CCC(O)CO. The van der Waals surface area contributed by atoms with Crippen LogP contribution in [0.4, 0.5) is 0 Å². The largest absolute Gasteiger partial charge is 0.394 e. The summed E-state index contributed by atoms with van der Waals surface area (Å²) in [6, 6.07) is 0. The summed E-state index contributed by atoms with van der Waals surface area (Å²) in [5.74, 6) is 1.50. The van der Waals surface area contributed by atoms with Crippen LogP contribution in [0.3, 0.4) is 0 Å². The van der Waals surface area contributed by atoms with Crippen molar-refractivity contribution in [1.29, 1.82) is 0 Å². The predicted molar refractivity (Wildman–Crippen MR) is 60.2 cm³/mol.